The maximum Gasteiger partial charge on any atom is 0.412 e. The molecule has 41 heavy (non-hydrogen) atoms. The highest BCUT2D eigenvalue weighted by atomic mass is 16.6. The topological polar surface area (TPSA) is 127 Å². The molecule has 10 heteroatoms. The number of ether oxygens (including phenoxy) is 1. The number of aryl methyl sites for hydroxylation is 1. The van der Waals surface area contributed by atoms with Gasteiger partial charge in [-0.1, -0.05) is 30.3 Å². The van der Waals surface area contributed by atoms with Crippen molar-refractivity contribution in [3.63, 3.8) is 0 Å². The molecular weight excluding hydrogens is 522 g/mol. The normalized spacial score (nSPS) is 12.0. The Morgan fingerprint density at radius 2 is 1.76 bits per heavy atom. The molecule has 2 aromatic heterocycles. The largest absolute Gasteiger partial charge is 0.444 e. The second-order valence-electron chi connectivity index (χ2n) is 10.8. The Morgan fingerprint density at radius 1 is 1.05 bits per heavy atom. The number of hydrogen-bond donors (Lipinski definition) is 2. The predicted molar refractivity (Wildman–Crippen MR) is 158 cm³/mol. The van der Waals surface area contributed by atoms with Gasteiger partial charge in [-0.3, -0.25) is 15.1 Å². The minimum Gasteiger partial charge on any atom is -0.444 e. The van der Waals surface area contributed by atoms with Crippen molar-refractivity contribution < 1.29 is 18.7 Å². The summed E-state index contributed by atoms with van der Waals surface area (Å²) in [4.78, 5) is 49.0. The van der Waals surface area contributed by atoms with Gasteiger partial charge in [-0.25, -0.2) is 9.59 Å². The van der Waals surface area contributed by atoms with E-state index < -0.39 is 23.2 Å². The van der Waals surface area contributed by atoms with Gasteiger partial charge in [0.1, 0.15) is 5.60 Å². The van der Waals surface area contributed by atoms with E-state index in [4.69, 9.17) is 9.15 Å². The number of benzene rings is 2. The van der Waals surface area contributed by atoms with Crippen LogP contribution in [0.15, 0.2) is 76.2 Å². The van der Waals surface area contributed by atoms with Gasteiger partial charge in [-0.2, -0.15) is 4.98 Å². The van der Waals surface area contributed by atoms with E-state index in [0.29, 0.717) is 29.7 Å². The molecule has 0 aliphatic rings. The molecule has 0 radical (unpaired) electrons. The van der Waals surface area contributed by atoms with Gasteiger partial charge in [0, 0.05) is 38.2 Å². The second kappa shape index (κ2) is 12.6. The fourth-order valence-electron chi connectivity index (χ4n) is 4.39. The number of rotatable bonds is 9. The van der Waals surface area contributed by atoms with E-state index >= 15 is 0 Å². The predicted octanol–water partition coefficient (Wildman–Crippen LogP) is 5.14. The van der Waals surface area contributed by atoms with Crippen LogP contribution in [0.1, 0.15) is 43.4 Å². The molecule has 0 bridgehead atoms. The minimum absolute atomic E-state index is 0.00270. The van der Waals surface area contributed by atoms with Crippen LogP contribution in [0.2, 0.25) is 0 Å². The van der Waals surface area contributed by atoms with Gasteiger partial charge >= 0.3 is 11.7 Å². The van der Waals surface area contributed by atoms with Crippen molar-refractivity contribution in [1.29, 1.82) is 0 Å². The van der Waals surface area contributed by atoms with E-state index in [0.717, 1.165) is 11.1 Å². The Labute approximate surface area is 238 Å². The number of carbonyl (C=O) groups excluding carboxylic acids is 2. The van der Waals surface area contributed by atoms with Crippen molar-refractivity contribution in [2.75, 3.05) is 30.8 Å². The van der Waals surface area contributed by atoms with Crippen LogP contribution in [0.4, 0.5) is 16.5 Å². The Kier molecular flexibility index (Phi) is 9.01. The highest BCUT2D eigenvalue weighted by molar-refractivity contribution is 5.93. The number of pyridine rings is 1. The van der Waals surface area contributed by atoms with E-state index in [1.165, 1.54) is 0 Å². The van der Waals surface area contributed by atoms with Crippen LogP contribution in [-0.4, -0.2) is 52.6 Å². The van der Waals surface area contributed by atoms with Crippen molar-refractivity contribution in [2.24, 2.45) is 0 Å². The van der Waals surface area contributed by atoms with Gasteiger partial charge in [0.25, 0.3) is 6.01 Å². The van der Waals surface area contributed by atoms with Gasteiger partial charge in [-0.15, -0.1) is 0 Å². The van der Waals surface area contributed by atoms with Crippen molar-refractivity contribution in [2.45, 2.75) is 45.6 Å². The Bertz CT molecular complexity index is 1570. The zero-order chi connectivity index (χ0) is 29.6. The van der Waals surface area contributed by atoms with Crippen LogP contribution in [0.25, 0.3) is 10.9 Å². The van der Waals surface area contributed by atoms with E-state index in [2.05, 4.69) is 20.6 Å². The maximum atomic E-state index is 13.5. The summed E-state index contributed by atoms with van der Waals surface area (Å²) < 4.78 is 10.8. The Hall–Kier alpha value is -4.73. The number of nitrogens with one attached hydrogen (secondary N) is 2. The first-order valence-electron chi connectivity index (χ1n) is 13.4. The quantitative estimate of drug-likeness (QED) is 0.290. The number of nitrogens with zero attached hydrogens (tertiary/aromatic N) is 3. The van der Waals surface area contributed by atoms with Crippen LogP contribution in [0.3, 0.4) is 0 Å². The summed E-state index contributed by atoms with van der Waals surface area (Å²) in [7, 11) is 1.78. The second-order valence-corrected chi connectivity index (χ2v) is 10.8. The van der Waals surface area contributed by atoms with Gasteiger partial charge in [0.05, 0.1) is 16.8 Å². The maximum absolute atomic E-state index is 13.5. The monoisotopic (exact) mass is 557 g/mol. The molecule has 2 heterocycles. The average Bonchev–Trinajstić information content (AvgIpc) is 2.93. The molecule has 4 aromatic rings. The van der Waals surface area contributed by atoms with Gasteiger partial charge in [0.2, 0.25) is 5.91 Å². The molecular formula is C31H35N5O5. The van der Waals surface area contributed by atoms with Crippen molar-refractivity contribution in [1.82, 2.24) is 14.9 Å². The van der Waals surface area contributed by atoms with Crippen molar-refractivity contribution in [3.8, 4) is 0 Å². The molecule has 214 valence electrons. The molecule has 2 amide bonds. The van der Waals surface area contributed by atoms with Crippen LogP contribution in [-0.2, 0) is 16.0 Å². The molecule has 4 rings (SSSR count). The fourth-order valence-corrected chi connectivity index (χ4v) is 4.39. The van der Waals surface area contributed by atoms with Crippen LogP contribution < -0.4 is 16.3 Å². The lowest BCUT2D eigenvalue weighted by molar-refractivity contribution is -0.131. The molecule has 1 unspecified atom stereocenters. The number of likely N-dealkylation sites (N-methyl/N-ethyl adjacent to an activating group) is 1. The third-order valence-corrected chi connectivity index (χ3v) is 6.51. The van der Waals surface area contributed by atoms with E-state index in [9.17, 15) is 14.4 Å². The molecule has 10 nitrogen and oxygen atoms in total. The van der Waals surface area contributed by atoms with Crippen LogP contribution >= 0.6 is 0 Å². The smallest absolute Gasteiger partial charge is 0.412 e. The average molecular weight is 558 g/mol. The highest BCUT2D eigenvalue weighted by Gasteiger charge is 2.25. The summed E-state index contributed by atoms with van der Waals surface area (Å²) in [5, 5.41) is 5.97. The van der Waals surface area contributed by atoms with E-state index in [1.807, 2.05) is 42.5 Å². The van der Waals surface area contributed by atoms with Crippen molar-refractivity contribution in [3.05, 3.63) is 94.1 Å². The van der Waals surface area contributed by atoms with Crippen LogP contribution in [0, 0.1) is 6.92 Å². The van der Waals surface area contributed by atoms with E-state index in [1.54, 1.807) is 64.2 Å². The first kappa shape index (κ1) is 29.3. The summed E-state index contributed by atoms with van der Waals surface area (Å²) in [5.41, 5.74) is 1.98. The Morgan fingerprint density at radius 3 is 2.44 bits per heavy atom. The SMILES string of the molecule is Cc1c(NC(=O)OC(C)(C)C)ccc2nc(NCC(C(=O)N(C)CCc3ccncc3)c3ccccc3)oc(=O)c12. The fraction of sp³-hybridized carbons (Fsp3) is 0.323. The third-order valence-electron chi connectivity index (χ3n) is 6.51. The number of aromatic nitrogens is 2. The van der Waals surface area contributed by atoms with Gasteiger partial charge in [-0.05, 0) is 75.1 Å². The summed E-state index contributed by atoms with van der Waals surface area (Å²) in [6.45, 7) is 7.71. The number of carbonyl (C=O) groups is 2. The number of hydrogen-bond acceptors (Lipinski definition) is 8. The number of anilines is 2. The lowest BCUT2D eigenvalue weighted by Crippen LogP contribution is -2.36. The zero-order valence-electron chi connectivity index (χ0n) is 23.9. The van der Waals surface area contributed by atoms with Crippen molar-refractivity contribution >= 4 is 34.6 Å². The first-order valence-corrected chi connectivity index (χ1v) is 13.4. The molecule has 2 N–H and O–H groups in total. The summed E-state index contributed by atoms with van der Waals surface area (Å²) in [5.74, 6) is -0.613. The van der Waals surface area contributed by atoms with E-state index in [-0.39, 0.29) is 23.9 Å². The standard InChI is InChI=1S/C31H35N5O5/c1-20-24(35-30(39)41-31(2,3)4)11-12-25-26(20)28(38)40-29(34-25)33-19-23(22-9-7-6-8-10-22)27(37)36(5)18-15-21-13-16-32-17-14-21/h6-14,16-17,23H,15,18-19H2,1-5H3,(H,33,34)(H,35,39). The Balaban J connectivity index is 1.51. The molecule has 0 aliphatic heterocycles. The molecule has 0 spiro atoms. The third kappa shape index (κ3) is 7.69. The first-order chi connectivity index (χ1) is 19.5. The lowest BCUT2D eigenvalue weighted by Gasteiger charge is -2.24. The lowest BCUT2D eigenvalue weighted by atomic mass is 9.97. The number of fused-ring (bicyclic) bond motifs is 1. The molecule has 0 saturated heterocycles. The molecule has 1 atom stereocenters. The zero-order valence-corrected chi connectivity index (χ0v) is 23.9. The molecule has 0 fully saturated rings. The van der Waals surface area contributed by atoms with Gasteiger partial charge < -0.3 is 19.4 Å². The molecule has 0 aliphatic carbocycles. The number of amides is 2. The molecule has 0 saturated carbocycles. The van der Waals surface area contributed by atoms with Crippen LogP contribution in [0.5, 0.6) is 0 Å². The molecule has 2 aromatic carbocycles. The summed E-state index contributed by atoms with van der Waals surface area (Å²) >= 11 is 0. The minimum atomic E-state index is -0.663. The highest BCUT2D eigenvalue weighted by Crippen LogP contribution is 2.25. The summed E-state index contributed by atoms with van der Waals surface area (Å²) in [6.07, 6.45) is 3.54. The summed E-state index contributed by atoms with van der Waals surface area (Å²) in [6, 6.07) is 16.6. The van der Waals surface area contributed by atoms with Gasteiger partial charge in [0.15, 0.2) is 0 Å².